The number of hydrogen-bond donors (Lipinski definition) is 1. The van der Waals surface area contributed by atoms with Crippen molar-refractivity contribution in [2.24, 2.45) is 0 Å². The fraction of sp³-hybridized carbons (Fsp3) is 0.562. The molecule has 134 valence electrons. The Labute approximate surface area is 145 Å². The van der Waals surface area contributed by atoms with E-state index in [-0.39, 0.29) is 17.3 Å². The van der Waals surface area contributed by atoms with E-state index in [1.807, 2.05) is 9.80 Å². The highest BCUT2D eigenvalue weighted by atomic mass is 16.4. The molecule has 3 rings (SSSR count). The number of amides is 2. The third-order valence-electron chi connectivity index (χ3n) is 4.58. The Morgan fingerprint density at radius 2 is 1.48 bits per heavy atom. The number of carbonyl (C=O) groups excluding carboxylic acids is 2. The highest BCUT2D eigenvalue weighted by molar-refractivity contribution is 6.02. The van der Waals surface area contributed by atoms with Crippen LogP contribution in [0.15, 0.2) is 12.4 Å². The molecule has 0 saturated carbocycles. The maximum atomic E-state index is 12.5. The quantitative estimate of drug-likeness (QED) is 0.786. The number of rotatable bonds is 4. The van der Waals surface area contributed by atoms with Crippen molar-refractivity contribution < 1.29 is 19.5 Å². The summed E-state index contributed by atoms with van der Waals surface area (Å²) in [4.78, 5) is 49.0. The Hall–Kier alpha value is -2.55. The Morgan fingerprint density at radius 3 is 2.08 bits per heavy atom. The van der Waals surface area contributed by atoms with Gasteiger partial charge in [-0.3, -0.25) is 14.5 Å². The molecule has 0 atom stereocenters. The van der Waals surface area contributed by atoms with E-state index in [2.05, 4.69) is 9.97 Å². The van der Waals surface area contributed by atoms with Crippen LogP contribution in [0.5, 0.6) is 0 Å². The maximum absolute atomic E-state index is 12.5. The molecule has 2 aliphatic rings. The molecular weight excluding hydrogens is 326 g/mol. The fourth-order valence-electron chi connectivity index (χ4n) is 3.17. The lowest BCUT2D eigenvalue weighted by molar-refractivity contribution is -0.131. The second-order valence-corrected chi connectivity index (χ2v) is 6.21. The summed E-state index contributed by atoms with van der Waals surface area (Å²) in [7, 11) is 0. The highest BCUT2D eigenvalue weighted by Crippen LogP contribution is 2.12. The minimum absolute atomic E-state index is 0.138. The van der Waals surface area contributed by atoms with Crippen molar-refractivity contribution in [3.05, 3.63) is 23.8 Å². The molecule has 0 unspecified atom stereocenters. The molecule has 1 N–H and O–H groups in total. The molecule has 2 fully saturated rings. The van der Waals surface area contributed by atoms with Gasteiger partial charge in [0.05, 0.1) is 6.54 Å². The van der Waals surface area contributed by atoms with Crippen LogP contribution in [0.4, 0.5) is 0 Å². The topological polar surface area (TPSA) is 107 Å². The lowest BCUT2D eigenvalue weighted by atomic mass is 10.2. The first-order chi connectivity index (χ1) is 12.1. The second-order valence-electron chi connectivity index (χ2n) is 6.21. The molecule has 0 aromatic carbocycles. The first-order valence-corrected chi connectivity index (χ1v) is 8.40. The van der Waals surface area contributed by atoms with Crippen molar-refractivity contribution in [3.63, 3.8) is 0 Å². The van der Waals surface area contributed by atoms with Crippen molar-refractivity contribution in [1.82, 2.24) is 24.7 Å². The predicted octanol–water partition coefficient (Wildman–Crippen LogP) is -0.445. The van der Waals surface area contributed by atoms with Crippen LogP contribution < -0.4 is 0 Å². The van der Waals surface area contributed by atoms with Gasteiger partial charge in [-0.25, -0.2) is 14.8 Å². The molecule has 2 aliphatic heterocycles. The van der Waals surface area contributed by atoms with E-state index in [0.717, 1.165) is 25.9 Å². The monoisotopic (exact) mass is 347 g/mol. The van der Waals surface area contributed by atoms with E-state index < -0.39 is 11.9 Å². The molecule has 25 heavy (non-hydrogen) atoms. The number of likely N-dealkylation sites (tertiary alicyclic amines) is 1. The lowest BCUT2D eigenvalue weighted by Crippen LogP contribution is -2.51. The lowest BCUT2D eigenvalue weighted by Gasteiger charge is -2.34. The number of piperazine rings is 1. The maximum Gasteiger partial charge on any atom is 0.356 e. The second kappa shape index (κ2) is 7.56. The van der Waals surface area contributed by atoms with Crippen LogP contribution in [0, 0.1) is 0 Å². The van der Waals surface area contributed by atoms with Gasteiger partial charge >= 0.3 is 5.97 Å². The third kappa shape index (κ3) is 3.93. The summed E-state index contributed by atoms with van der Waals surface area (Å²) in [6.07, 6.45) is 4.70. The van der Waals surface area contributed by atoms with Gasteiger partial charge in [-0.1, -0.05) is 0 Å². The Bertz CT molecular complexity index is 666. The molecule has 0 bridgehead atoms. The van der Waals surface area contributed by atoms with E-state index in [1.54, 1.807) is 4.90 Å². The largest absolute Gasteiger partial charge is 0.476 e. The molecule has 3 heterocycles. The van der Waals surface area contributed by atoms with Gasteiger partial charge in [-0.2, -0.15) is 0 Å². The average molecular weight is 347 g/mol. The summed E-state index contributed by atoms with van der Waals surface area (Å²) in [5, 5.41) is 9.13. The van der Waals surface area contributed by atoms with Gasteiger partial charge in [-0.15, -0.1) is 0 Å². The minimum atomic E-state index is -1.27. The Balaban J connectivity index is 1.56. The van der Waals surface area contributed by atoms with Crippen molar-refractivity contribution in [3.8, 4) is 0 Å². The summed E-state index contributed by atoms with van der Waals surface area (Å²) >= 11 is 0. The summed E-state index contributed by atoms with van der Waals surface area (Å²) in [6.45, 7) is 4.06. The van der Waals surface area contributed by atoms with E-state index in [4.69, 9.17) is 5.11 Å². The van der Waals surface area contributed by atoms with Crippen molar-refractivity contribution in [2.45, 2.75) is 12.8 Å². The summed E-state index contributed by atoms with van der Waals surface area (Å²) in [5.74, 6) is -1.57. The zero-order valence-electron chi connectivity index (χ0n) is 13.9. The van der Waals surface area contributed by atoms with Gasteiger partial charge in [0.25, 0.3) is 5.91 Å². The van der Waals surface area contributed by atoms with Gasteiger partial charge in [0.2, 0.25) is 5.91 Å². The number of hydrogen-bond acceptors (Lipinski definition) is 6. The van der Waals surface area contributed by atoms with E-state index in [9.17, 15) is 14.4 Å². The zero-order chi connectivity index (χ0) is 17.8. The van der Waals surface area contributed by atoms with Crippen LogP contribution >= 0.6 is 0 Å². The molecule has 2 saturated heterocycles. The summed E-state index contributed by atoms with van der Waals surface area (Å²) in [5.41, 5.74) is -0.476. The minimum Gasteiger partial charge on any atom is -0.476 e. The normalized spacial score (nSPS) is 18.4. The number of aromatic carboxylic acids is 1. The SMILES string of the molecule is O=C(O)c1nccnc1C(=O)N1CCN(CC(=O)N2CCCC2)CC1. The molecule has 9 nitrogen and oxygen atoms in total. The zero-order valence-corrected chi connectivity index (χ0v) is 13.9. The first-order valence-electron chi connectivity index (χ1n) is 8.40. The van der Waals surface area contributed by atoms with Crippen LogP contribution in [0.3, 0.4) is 0 Å². The molecule has 1 aromatic rings. The van der Waals surface area contributed by atoms with Crippen LogP contribution in [-0.4, -0.2) is 93.4 Å². The van der Waals surface area contributed by atoms with Gasteiger partial charge in [-0.05, 0) is 12.8 Å². The molecule has 1 aromatic heterocycles. The number of carboxylic acid groups (broad SMARTS) is 1. The average Bonchev–Trinajstić information content (AvgIpc) is 3.16. The molecule has 9 heteroatoms. The van der Waals surface area contributed by atoms with Crippen molar-refractivity contribution in [1.29, 1.82) is 0 Å². The first kappa shape index (κ1) is 17.3. The Morgan fingerprint density at radius 1 is 0.880 bits per heavy atom. The molecular formula is C16H21N5O4. The highest BCUT2D eigenvalue weighted by Gasteiger charge is 2.28. The fourth-order valence-corrected chi connectivity index (χ4v) is 3.17. The molecule has 0 radical (unpaired) electrons. The van der Waals surface area contributed by atoms with Crippen LogP contribution in [0.2, 0.25) is 0 Å². The summed E-state index contributed by atoms with van der Waals surface area (Å²) < 4.78 is 0. The van der Waals surface area contributed by atoms with Crippen molar-refractivity contribution >= 4 is 17.8 Å². The number of aromatic nitrogens is 2. The van der Waals surface area contributed by atoms with Gasteiger partial charge in [0.15, 0.2) is 11.4 Å². The van der Waals surface area contributed by atoms with Gasteiger partial charge in [0.1, 0.15) is 0 Å². The van der Waals surface area contributed by atoms with Crippen LogP contribution in [-0.2, 0) is 4.79 Å². The molecule has 2 amide bonds. The number of carboxylic acids is 1. The van der Waals surface area contributed by atoms with Crippen molar-refractivity contribution in [2.75, 3.05) is 45.8 Å². The third-order valence-corrected chi connectivity index (χ3v) is 4.58. The molecule has 0 aliphatic carbocycles. The van der Waals surface area contributed by atoms with E-state index >= 15 is 0 Å². The predicted molar refractivity (Wildman–Crippen MR) is 87.1 cm³/mol. The Kier molecular flexibility index (Phi) is 5.22. The van der Waals surface area contributed by atoms with Gasteiger partial charge < -0.3 is 14.9 Å². The standard InChI is InChI=1S/C16H21N5O4/c22-12(20-5-1-2-6-20)11-19-7-9-21(10-8-19)15(23)13-14(16(24)25)18-4-3-17-13/h3-4H,1-2,5-11H2,(H,24,25). The van der Waals surface area contributed by atoms with E-state index in [1.165, 1.54) is 12.4 Å². The summed E-state index contributed by atoms with van der Waals surface area (Å²) in [6, 6.07) is 0. The van der Waals surface area contributed by atoms with Gasteiger partial charge in [0, 0.05) is 51.7 Å². The number of carbonyl (C=O) groups is 3. The molecule has 0 spiro atoms. The van der Waals surface area contributed by atoms with Crippen LogP contribution in [0.25, 0.3) is 0 Å². The van der Waals surface area contributed by atoms with Crippen LogP contribution in [0.1, 0.15) is 33.8 Å². The van der Waals surface area contributed by atoms with E-state index in [0.29, 0.717) is 32.7 Å². The smallest absolute Gasteiger partial charge is 0.356 e. The number of nitrogens with zero attached hydrogens (tertiary/aromatic N) is 5.